The lowest BCUT2D eigenvalue weighted by Gasteiger charge is -2.33. The molecule has 3 heteroatoms. The Bertz CT molecular complexity index is 410. The standard InChI is InChI=1S/C13H18ClNO/c1-12(2,13(15)6-7-13)10-5-4-9(14)8-11(10)16-3/h4-5,8H,6-7,15H2,1-3H3. The van der Waals surface area contributed by atoms with Crippen molar-refractivity contribution in [1.82, 2.24) is 0 Å². The van der Waals surface area contributed by atoms with Gasteiger partial charge >= 0.3 is 0 Å². The zero-order valence-electron chi connectivity index (χ0n) is 10.0. The van der Waals surface area contributed by atoms with E-state index in [1.165, 1.54) is 0 Å². The van der Waals surface area contributed by atoms with Crippen LogP contribution in [0, 0.1) is 0 Å². The zero-order chi connectivity index (χ0) is 12.0. The summed E-state index contributed by atoms with van der Waals surface area (Å²) in [6.45, 7) is 4.34. The molecule has 1 aliphatic carbocycles. The van der Waals surface area contributed by atoms with E-state index in [2.05, 4.69) is 13.8 Å². The van der Waals surface area contributed by atoms with Gasteiger partial charge in [-0.2, -0.15) is 0 Å². The van der Waals surface area contributed by atoms with E-state index in [0.717, 1.165) is 24.2 Å². The molecule has 0 unspecified atom stereocenters. The molecule has 16 heavy (non-hydrogen) atoms. The second-order valence-corrected chi connectivity index (χ2v) is 5.56. The van der Waals surface area contributed by atoms with Crippen molar-refractivity contribution in [3.05, 3.63) is 28.8 Å². The molecule has 0 saturated heterocycles. The van der Waals surface area contributed by atoms with E-state index in [4.69, 9.17) is 22.1 Å². The van der Waals surface area contributed by atoms with Gasteiger partial charge in [0.05, 0.1) is 7.11 Å². The fourth-order valence-corrected chi connectivity index (χ4v) is 2.37. The van der Waals surface area contributed by atoms with Crippen molar-refractivity contribution in [3.8, 4) is 5.75 Å². The van der Waals surface area contributed by atoms with Crippen molar-refractivity contribution in [2.24, 2.45) is 5.73 Å². The topological polar surface area (TPSA) is 35.2 Å². The highest BCUT2D eigenvalue weighted by molar-refractivity contribution is 6.30. The SMILES string of the molecule is COc1cc(Cl)ccc1C(C)(C)C1(N)CC1. The van der Waals surface area contributed by atoms with Gasteiger partial charge < -0.3 is 10.5 Å². The minimum atomic E-state index is -0.0892. The molecule has 2 nitrogen and oxygen atoms in total. The van der Waals surface area contributed by atoms with Crippen LogP contribution in [0.3, 0.4) is 0 Å². The van der Waals surface area contributed by atoms with Gasteiger partial charge in [0.1, 0.15) is 5.75 Å². The largest absolute Gasteiger partial charge is 0.496 e. The van der Waals surface area contributed by atoms with Crippen LogP contribution < -0.4 is 10.5 Å². The molecule has 0 atom stereocenters. The number of nitrogens with two attached hydrogens (primary N) is 1. The number of rotatable bonds is 3. The van der Waals surface area contributed by atoms with Crippen LogP contribution in [0.15, 0.2) is 18.2 Å². The predicted molar refractivity (Wildman–Crippen MR) is 67.2 cm³/mol. The van der Waals surface area contributed by atoms with E-state index < -0.39 is 0 Å². The maximum Gasteiger partial charge on any atom is 0.124 e. The third kappa shape index (κ3) is 1.70. The van der Waals surface area contributed by atoms with E-state index in [0.29, 0.717) is 5.02 Å². The predicted octanol–water partition coefficient (Wildman–Crippen LogP) is 3.12. The Morgan fingerprint density at radius 2 is 2.00 bits per heavy atom. The molecule has 0 amide bonds. The van der Waals surface area contributed by atoms with Crippen LogP contribution in [-0.2, 0) is 5.41 Å². The average Bonchev–Trinajstić information content (AvgIpc) is 2.97. The zero-order valence-corrected chi connectivity index (χ0v) is 10.8. The first-order valence-corrected chi connectivity index (χ1v) is 5.91. The van der Waals surface area contributed by atoms with Gasteiger partial charge in [0.2, 0.25) is 0 Å². The molecule has 2 rings (SSSR count). The second-order valence-electron chi connectivity index (χ2n) is 5.13. The third-order valence-corrected chi connectivity index (χ3v) is 4.11. The van der Waals surface area contributed by atoms with Crippen molar-refractivity contribution in [1.29, 1.82) is 0 Å². The first-order valence-electron chi connectivity index (χ1n) is 5.54. The van der Waals surface area contributed by atoms with Crippen LogP contribution in [-0.4, -0.2) is 12.6 Å². The van der Waals surface area contributed by atoms with Gasteiger partial charge in [0, 0.05) is 21.5 Å². The quantitative estimate of drug-likeness (QED) is 0.880. The van der Waals surface area contributed by atoms with E-state index >= 15 is 0 Å². The third-order valence-electron chi connectivity index (χ3n) is 3.87. The second kappa shape index (κ2) is 3.64. The minimum absolute atomic E-state index is 0.0804. The number of halogens is 1. The lowest BCUT2D eigenvalue weighted by atomic mass is 9.75. The highest BCUT2D eigenvalue weighted by Crippen LogP contribution is 2.51. The van der Waals surface area contributed by atoms with E-state index in [9.17, 15) is 0 Å². The van der Waals surface area contributed by atoms with Gasteiger partial charge in [0.15, 0.2) is 0 Å². The molecule has 88 valence electrons. The summed E-state index contributed by atoms with van der Waals surface area (Å²) in [7, 11) is 1.67. The Hall–Kier alpha value is -0.730. The first kappa shape index (κ1) is 11.7. The van der Waals surface area contributed by atoms with Crippen molar-refractivity contribution < 1.29 is 4.74 Å². The molecule has 1 fully saturated rings. The van der Waals surface area contributed by atoms with Crippen LogP contribution in [0.4, 0.5) is 0 Å². The molecule has 0 aromatic heterocycles. The number of hydrogen-bond acceptors (Lipinski definition) is 2. The van der Waals surface area contributed by atoms with Gasteiger partial charge in [-0.1, -0.05) is 31.5 Å². The Morgan fingerprint density at radius 3 is 2.50 bits per heavy atom. The van der Waals surface area contributed by atoms with Gasteiger partial charge in [-0.15, -0.1) is 0 Å². The highest BCUT2D eigenvalue weighted by atomic mass is 35.5. The molecule has 1 saturated carbocycles. The minimum Gasteiger partial charge on any atom is -0.496 e. The molecule has 0 spiro atoms. The highest BCUT2D eigenvalue weighted by Gasteiger charge is 2.52. The van der Waals surface area contributed by atoms with Gasteiger partial charge in [-0.3, -0.25) is 0 Å². The first-order chi connectivity index (χ1) is 7.40. The molecule has 1 aliphatic rings. The summed E-state index contributed by atoms with van der Waals surface area (Å²) in [5.41, 5.74) is 7.30. The monoisotopic (exact) mass is 239 g/mol. The molecular weight excluding hydrogens is 222 g/mol. The molecule has 0 heterocycles. The smallest absolute Gasteiger partial charge is 0.124 e. The molecule has 0 bridgehead atoms. The Morgan fingerprint density at radius 1 is 1.38 bits per heavy atom. The summed E-state index contributed by atoms with van der Waals surface area (Å²) in [5.74, 6) is 0.828. The summed E-state index contributed by atoms with van der Waals surface area (Å²) < 4.78 is 5.40. The van der Waals surface area contributed by atoms with Crippen molar-refractivity contribution in [3.63, 3.8) is 0 Å². The number of ether oxygens (including phenoxy) is 1. The fraction of sp³-hybridized carbons (Fsp3) is 0.538. The summed E-state index contributed by atoms with van der Waals surface area (Å²) in [6.07, 6.45) is 2.15. The molecule has 1 aromatic carbocycles. The molecule has 0 aliphatic heterocycles. The van der Waals surface area contributed by atoms with Crippen LogP contribution in [0.5, 0.6) is 5.75 Å². The lowest BCUT2D eigenvalue weighted by Crippen LogP contribution is -2.43. The Kier molecular flexibility index (Phi) is 2.67. The Balaban J connectivity index is 2.47. The number of hydrogen-bond donors (Lipinski definition) is 1. The number of methoxy groups -OCH3 is 1. The van der Waals surface area contributed by atoms with Crippen LogP contribution in [0.25, 0.3) is 0 Å². The van der Waals surface area contributed by atoms with Gasteiger partial charge in [0.25, 0.3) is 0 Å². The normalized spacial score (nSPS) is 18.3. The molecule has 2 N–H and O–H groups in total. The molecule has 0 radical (unpaired) electrons. The van der Waals surface area contributed by atoms with Gasteiger partial charge in [-0.05, 0) is 25.0 Å². The van der Waals surface area contributed by atoms with Crippen LogP contribution in [0.2, 0.25) is 5.02 Å². The molecule has 1 aromatic rings. The fourth-order valence-electron chi connectivity index (χ4n) is 2.21. The summed E-state index contributed by atoms with van der Waals surface area (Å²) >= 11 is 5.96. The van der Waals surface area contributed by atoms with Gasteiger partial charge in [-0.25, -0.2) is 0 Å². The van der Waals surface area contributed by atoms with E-state index in [1.807, 2.05) is 18.2 Å². The van der Waals surface area contributed by atoms with E-state index in [-0.39, 0.29) is 11.0 Å². The Labute approximate surface area is 102 Å². The maximum atomic E-state index is 6.33. The van der Waals surface area contributed by atoms with Crippen molar-refractivity contribution in [2.75, 3.05) is 7.11 Å². The summed E-state index contributed by atoms with van der Waals surface area (Å²) in [6, 6.07) is 5.77. The number of benzene rings is 1. The average molecular weight is 240 g/mol. The van der Waals surface area contributed by atoms with Crippen LogP contribution >= 0.6 is 11.6 Å². The summed E-state index contributed by atoms with van der Waals surface area (Å²) in [5, 5.41) is 0.693. The maximum absolute atomic E-state index is 6.33. The van der Waals surface area contributed by atoms with Crippen LogP contribution in [0.1, 0.15) is 32.3 Å². The lowest BCUT2D eigenvalue weighted by molar-refractivity contribution is 0.353. The van der Waals surface area contributed by atoms with Crippen molar-refractivity contribution >= 4 is 11.6 Å². The summed E-state index contributed by atoms with van der Waals surface area (Å²) in [4.78, 5) is 0. The molecular formula is C13H18ClNO. The van der Waals surface area contributed by atoms with Crippen molar-refractivity contribution in [2.45, 2.75) is 37.6 Å². The van der Waals surface area contributed by atoms with E-state index in [1.54, 1.807) is 7.11 Å².